The van der Waals surface area contributed by atoms with E-state index >= 15 is 0 Å². The Kier molecular flexibility index (Phi) is 6.48. The highest BCUT2D eigenvalue weighted by Crippen LogP contribution is 2.30. The quantitative estimate of drug-likeness (QED) is 0.679. The molecule has 0 unspecified atom stereocenters. The average Bonchev–Trinajstić information content (AvgIpc) is 2.61. The van der Waals surface area contributed by atoms with E-state index in [-0.39, 0.29) is 11.3 Å². The van der Waals surface area contributed by atoms with Gasteiger partial charge in [0.1, 0.15) is 5.75 Å². The molecule has 0 saturated heterocycles. The number of esters is 1. The molecule has 0 saturated carbocycles. The van der Waals surface area contributed by atoms with E-state index in [0.717, 1.165) is 24.3 Å². The van der Waals surface area contributed by atoms with Crippen molar-refractivity contribution in [1.29, 1.82) is 0 Å². The first kappa shape index (κ1) is 20.8. The van der Waals surface area contributed by atoms with Gasteiger partial charge in [-0.05, 0) is 65.3 Å². The lowest BCUT2D eigenvalue weighted by Gasteiger charge is -2.15. The smallest absolute Gasteiger partial charge is 0.416 e. The molecule has 1 atom stereocenters. The number of ether oxygens (including phenoxy) is 2. The molecule has 0 aliphatic rings. The molecule has 5 nitrogen and oxygen atoms in total. The lowest BCUT2D eigenvalue weighted by molar-refractivity contribution is -0.137. The van der Waals surface area contributed by atoms with E-state index in [2.05, 4.69) is 21.2 Å². The summed E-state index contributed by atoms with van der Waals surface area (Å²) >= 11 is 3.21. The summed E-state index contributed by atoms with van der Waals surface area (Å²) in [6.45, 7) is 1.35. The average molecular weight is 446 g/mol. The zero-order valence-electron chi connectivity index (χ0n) is 14.3. The van der Waals surface area contributed by atoms with Gasteiger partial charge >= 0.3 is 12.1 Å². The maximum absolute atomic E-state index is 12.5. The van der Waals surface area contributed by atoms with Gasteiger partial charge in [-0.3, -0.25) is 4.79 Å². The predicted molar refractivity (Wildman–Crippen MR) is 95.6 cm³/mol. The summed E-state index contributed by atoms with van der Waals surface area (Å²) < 4.78 is 48.2. The Bertz CT molecular complexity index is 837. The second-order valence-corrected chi connectivity index (χ2v) is 6.31. The van der Waals surface area contributed by atoms with Crippen LogP contribution in [0.3, 0.4) is 0 Å². The maximum atomic E-state index is 12.5. The van der Waals surface area contributed by atoms with Crippen molar-refractivity contribution in [2.75, 3.05) is 12.4 Å². The summed E-state index contributed by atoms with van der Waals surface area (Å²) in [5, 5.41) is 2.39. The molecule has 27 heavy (non-hydrogen) atoms. The highest BCUT2D eigenvalue weighted by molar-refractivity contribution is 9.10. The summed E-state index contributed by atoms with van der Waals surface area (Å²) in [7, 11) is 1.44. The van der Waals surface area contributed by atoms with Gasteiger partial charge in [-0.25, -0.2) is 4.79 Å². The molecule has 0 heterocycles. The zero-order chi connectivity index (χ0) is 20.2. The van der Waals surface area contributed by atoms with Crippen LogP contribution in [0.1, 0.15) is 22.8 Å². The number of hydrogen-bond acceptors (Lipinski definition) is 4. The van der Waals surface area contributed by atoms with Gasteiger partial charge in [-0.2, -0.15) is 13.2 Å². The molecule has 2 aromatic carbocycles. The van der Waals surface area contributed by atoms with Gasteiger partial charge in [0.15, 0.2) is 6.10 Å². The number of hydrogen-bond donors (Lipinski definition) is 1. The van der Waals surface area contributed by atoms with Gasteiger partial charge in [0.25, 0.3) is 5.91 Å². The van der Waals surface area contributed by atoms with Crippen molar-refractivity contribution in [2.45, 2.75) is 19.2 Å². The molecule has 0 bridgehead atoms. The molecule has 0 radical (unpaired) electrons. The summed E-state index contributed by atoms with van der Waals surface area (Å²) in [4.78, 5) is 24.4. The summed E-state index contributed by atoms with van der Waals surface area (Å²) in [6.07, 6.45) is -5.63. The zero-order valence-corrected chi connectivity index (χ0v) is 15.8. The normalized spacial score (nSPS) is 12.2. The first-order valence-electron chi connectivity index (χ1n) is 7.64. The fourth-order valence-electron chi connectivity index (χ4n) is 2.05. The van der Waals surface area contributed by atoms with Crippen LogP contribution in [0.15, 0.2) is 46.9 Å². The minimum Gasteiger partial charge on any atom is -0.497 e. The maximum Gasteiger partial charge on any atom is 0.416 e. The number of anilines is 1. The number of halogens is 4. The third-order valence-corrected chi connectivity index (χ3v) is 4.22. The standard InChI is InChI=1S/C18H15BrF3NO4/c1-10(27-17(25)14-9-13(26-2)7-8-15(14)19)16(24)23-12-5-3-11(4-6-12)18(20,21)22/h3-10H,1-2H3,(H,23,24)/t10-/m1/s1. The summed E-state index contributed by atoms with van der Waals surface area (Å²) in [5.74, 6) is -0.995. The number of benzene rings is 2. The Balaban J connectivity index is 2.02. The fourth-order valence-corrected chi connectivity index (χ4v) is 2.46. The van der Waals surface area contributed by atoms with Crippen molar-refractivity contribution in [2.24, 2.45) is 0 Å². The number of nitrogens with one attached hydrogen (secondary N) is 1. The number of rotatable bonds is 5. The predicted octanol–water partition coefficient (Wildman–Crippen LogP) is 4.66. The Hall–Kier alpha value is -2.55. The van der Waals surface area contributed by atoms with Gasteiger partial charge in [-0.1, -0.05) is 0 Å². The Morgan fingerprint density at radius 2 is 1.74 bits per heavy atom. The monoisotopic (exact) mass is 445 g/mol. The molecular weight excluding hydrogens is 431 g/mol. The molecule has 0 aliphatic heterocycles. The van der Waals surface area contributed by atoms with Crippen molar-refractivity contribution >= 4 is 33.5 Å². The van der Waals surface area contributed by atoms with Crippen molar-refractivity contribution in [1.82, 2.24) is 0 Å². The van der Waals surface area contributed by atoms with Crippen molar-refractivity contribution in [3.8, 4) is 5.75 Å². The molecular formula is C18H15BrF3NO4. The molecule has 1 amide bonds. The van der Waals surface area contributed by atoms with Gasteiger partial charge in [0, 0.05) is 10.2 Å². The van der Waals surface area contributed by atoms with E-state index in [1.54, 1.807) is 12.1 Å². The van der Waals surface area contributed by atoms with Crippen LogP contribution >= 0.6 is 15.9 Å². The van der Waals surface area contributed by atoms with Crippen molar-refractivity contribution in [3.63, 3.8) is 0 Å². The molecule has 0 fully saturated rings. The molecule has 2 rings (SSSR count). The van der Waals surface area contributed by atoms with E-state index in [1.807, 2.05) is 0 Å². The van der Waals surface area contributed by atoms with E-state index in [1.165, 1.54) is 20.1 Å². The largest absolute Gasteiger partial charge is 0.497 e. The number of carbonyl (C=O) groups excluding carboxylic acids is 2. The van der Waals surface area contributed by atoms with E-state index < -0.39 is 29.7 Å². The second kappa shape index (κ2) is 8.43. The fraction of sp³-hybridized carbons (Fsp3) is 0.222. The lowest BCUT2D eigenvalue weighted by atomic mass is 10.2. The van der Waals surface area contributed by atoms with Crippen LogP contribution in [0.4, 0.5) is 18.9 Å². The van der Waals surface area contributed by atoms with E-state index in [9.17, 15) is 22.8 Å². The van der Waals surface area contributed by atoms with E-state index in [0.29, 0.717) is 10.2 Å². The van der Waals surface area contributed by atoms with Gasteiger partial charge < -0.3 is 14.8 Å². The Morgan fingerprint density at radius 3 is 2.30 bits per heavy atom. The van der Waals surface area contributed by atoms with Crippen molar-refractivity contribution in [3.05, 3.63) is 58.1 Å². The molecule has 0 spiro atoms. The minimum atomic E-state index is -4.46. The molecule has 2 aromatic rings. The van der Waals surface area contributed by atoms with Crippen LogP contribution < -0.4 is 10.1 Å². The summed E-state index contributed by atoms with van der Waals surface area (Å²) in [5.41, 5.74) is -0.509. The molecule has 144 valence electrons. The molecule has 9 heteroatoms. The van der Waals surface area contributed by atoms with E-state index in [4.69, 9.17) is 9.47 Å². The topological polar surface area (TPSA) is 64.6 Å². The highest BCUT2D eigenvalue weighted by Gasteiger charge is 2.30. The number of alkyl halides is 3. The third kappa shape index (κ3) is 5.46. The van der Waals surface area contributed by atoms with Gasteiger partial charge in [0.2, 0.25) is 0 Å². The van der Waals surface area contributed by atoms with Crippen LogP contribution in [-0.4, -0.2) is 25.1 Å². The van der Waals surface area contributed by atoms with Crippen LogP contribution in [-0.2, 0) is 15.7 Å². The first-order chi connectivity index (χ1) is 12.6. The van der Waals surface area contributed by atoms with Gasteiger partial charge in [0.05, 0.1) is 18.2 Å². The number of carbonyl (C=O) groups is 2. The Labute approximate surface area is 161 Å². The second-order valence-electron chi connectivity index (χ2n) is 5.46. The minimum absolute atomic E-state index is 0.151. The summed E-state index contributed by atoms with van der Waals surface area (Å²) in [6, 6.07) is 8.62. The van der Waals surface area contributed by atoms with Gasteiger partial charge in [-0.15, -0.1) is 0 Å². The molecule has 0 aromatic heterocycles. The molecule has 0 aliphatic carbocycles. The highest BCUT2D eigenvalue weighted by atomic mass is 79.9. The third-order valence-electron chi connectivity index (χ3n) is 3.53. The van der Waals surface area contributed by atoms with Crippen LogP contribution in [0.2, 0.25) is 0 Å². The van der Waals surface area contributed by atoms with Crippen LogP contribution in [0.5, 0.6) is 5.75 Å². The number of amides is 1. The first-order valence-corrected chi connectivity index (χ1v) is 8.43. The Morgan fingerprint density at radius 1 is 1.11 bits per heavy atom. The number of methoxy groups -OCH3 is 1. The SMILES string of the molecule is COc1ccc(Br)c(C(=O)O[C@H](C)C(=O)Nc2ccc(C(F)(F)F)cc2)c1. The van der Waals surface area contributed by atoms with Crippen molar-refractivity contribution < 1.29 is 32.2 Å². The lowest BCUT2D eigenvalue weighted by Crippen LogP contribution is -2.30. The van der Waals surface area contributed by atoms with Crippen LogP contribution in [0.25, 0.3) is 0 Å². The van der Waals surface area contributed by atoms with Crippen LogP contribution in [0, 0.1) is 0 Å². The molecule has 1 N–H and O–H groups in total.